The number of halogens is 1. The Morgan fingerprint density at radius 2 is 2.06 bits per heavy atom. The summed E-state index contributed by atoms with van der Waals surface area (Å²) in [6.07, 6.45) is 2.57. The Balaban J connectivity index is 1.69. The highest BCUT2D eigenvalue weighted by atomic mass is 32.1. The highest BCUT2D eigenvalue weighted by Crippen LogP contribution is 2.42. The fourth-order valence-corrected chi connectivity index (χ4v) is 3.15. The van der Waals surface area contributed by atoms with Crippen LogP contribution in [0.15, 0.2) is 41.8 Å². The average molecular weight is 261 g/mol. The third-order valence-corrected chi connectivity index (χ3v) is 4.37. The maximum atomic E-state index is 13.6. The Morgan fingerprint density at radius 3 is 2.72 bits per heavy atom. The molecule has 0 spiro atoms. The summed E-state index contributed by atoms with van der Waals surface area (Å²) >= 11 is 1.78. The largest absolute Gasteiger partial charge is 0.305 e. The molecule has 3 heteroatoms. The molecular weight excluding hydrogens is 245 g/mol. The molecule has 1 atom stereocenters. The zero-order valence-electron chi connectivity index (χ0n) is 10.1. The van der Waals surface area contributed by atoms with E-state index in [1.54, 1.807) is 17.4 Å². The molecule has 1 fully saturated rings. The Bertz CT molecular complexity index is 505. The number of thiophene rings is 1. The van der Waals surface area contributed by atoms with Crippen LogP contribution in [-0.2, 0) is 6.54 Å². The molecule has 2 aromatic rings. The molecule has 0 bridgehead atoms. The van der Waals surface area contributed by atoms with Crippen LogP contribution in [0.25, 0.3) is 0 Å². The van der Waals surface area contributed by atoms with Gasteiger partial charge in [0, 0.05) is 23.0 Å². The van der Waals surface area contributed by atoms with Gasteiger partial charge in [0.15, 0.2) is 0 Å². The molecule has 1 N–H and O–H groups in total. The van der Waals surface area contributed by atoms with Gasteiger partial charge in [0.05, 0.1) is 0 Å². The molecule has 1 nitrogen and oxygen atoms in total. The van der Waals surface area contributed by atoms with E-state index in [1.807, 2.05) is 12.1 Å². The molecule has 0 radical (unpaired) electrons. The maximum Gasteiger partial charge on any atom is 0.127 e. The fourth-order valence-electron chi connectivity index (χ4n) is 2.26. The third kappa shape index (κ3) is 2.62. The number of rotatable bonds is 5. The summed E-state index contributed by atoms with van der Waals surface area (Å²) in [6, 6.07) is 11.6. The van der Waals surface area contributed by atoms with Gasteiger partial charge in [-0.1, -0.05) is 24.3 Å². The standard InChI is InChI=1S/C15H16FNS/c16-13-5-2-1-4-12(13)10-17-15(11-7-8-11)14-6-3-9-18-14/h1-6,9,11,15,17H,7-8,10H2. The third-order valence-electron chi connectivity index (χ3n) is 3.41. The van der Waals surface area contributed by atoms with Crippen LogP contribution in [0.5, 0.6) is 0 Å². The predicted molar refractivity (Wildman–Crippen MR) is 73.0 cm³/mol. The Hall–Kier alpha value is -1.19. The van der Waals surface area contributed by atoms with Crippen molar-refractivity contribution in [2.24, 2.45) is 5.92 Å². The molecule has 1 saturated carbocycles. The molecule has 0 aliphatic heterocycles. The summed E-state index contributed by atoms with van der Waals surface area (Å²) in [5.41, 5.74) is 0.750. The van der Waals surface area contributed by atoms with Crippen molar-refractivity contribution in [1.29, 1.82) is 0 Å². The van der Waals surface area contributed by atoms with Gasteiger partial charge in [-0.15, -0.1) is 11.3 Å². The van der Waals surface area contributed by atoms with Gasteiger partial charge in [0.1, 0.15) is 5.82 Å². The highest BCUT2D eigenvalue weighted by Gasteiger charge is 2.32. The molecule has 0 saturated heterocycles. The van der Waals surface area contributed by atoms with Crippen molar-refractivity contribution in [3.8, 4) is 0 Å². The second-order valence-electron chi connectivity index (χ2n) is 4.80. The molecule has 1 aliphatic carbocycles. The number of nitrogens with one attached hydrogen (secondary N) is 1. The van der Waals surface area contributed by atoms with E-state index in [0.717, 1.165) is 11.5 Å². The van der Waals surface area contributed by atoms with Gasteiger partial charge in [-0.2, -0.15) is 0 Å². The first-order chi connectivity index (χ1) is 8.84. The van der Waals surface area contributed by atoms with Gasteiger partial charge in [0.2, 0.25) is 0 Å². The van der Waals surface area contributed by atoms with E-state index in [-0.39, 0.29) is 5.82 Å². The fraction of sp³-hybridized carbons (Fsp3) is 0.333. The smallest absolute Gasteiger partial charge is 0.127 e. The second kappa shape index (κ2) is 5.21. The van der Waals surface area contributed by atoms with E-state index in [4.69, 9.17) is 0 Å². The van der Waals surface area contributed by atoms with Gasteiger partial charge in [0.25, 0.3) is 0 Å². The Kier molecular flexibility index (Phi) is 3.43. The van der Waals surface area contributed by atoms with E-state index in [9.17, 15) is 4.39 Å². The van der Waals surface area contributed by atoms with E-state index >= 15 is 0 Å². The van der Waals surface area contributed by atoms with E-state index < -0.39 is 0 Å². The SMILES string of the molecule is Fc1ccccc1CNC(c1cccs1)C1CC1. The minimum atomic E-state index is -0.120. The van der Waals surface area contributed by atoms with Crippen molar-refractivity contribution in [2.45, 2.75) is 25.4 Å². The van der Waals surface area contributed by atoms with Gasteiger partial charge in [-0.3, -0.25) is 0 Å². The summed E-state index contributed by atoms with van der Waals surface area (Å²) < 4.78 is 13.6. The molecule has 0 amide bonds. The molecule has 1 aromatic heterocycles. The zero-order chi connectivity index (χ0) is 12.4. The molecule has 94 valence electrons. The second-order valence-corrected chi connectivity index (χ2v) is 5.78. The Labute approximate surface area is 111 Å². The lowest BCUT2D eigenvalue weighted by Gasteiger charge is -2.17. The van der Waals surface area contributed by atoms with E-state index in [2.05, 4.69) is 22.8 Å². The first-order valence-electron chi connectivity index (χ1n) is 6.35. The molecule has 1 unspecified atom stereocenters. The van der Waals surface area contributed by atoms with Crippen LogP contribution in [0.3, 0.4) is 0 Å². The van der Waals surface area contributed by atoms with Crippen molar-refractivity contribution >= 4 is 11.3 Å². The van der Waals surface area contributed by atoms with E-state index in [0.29, 0.717) is 12.6 Å². The summed E-state index contributed by atoms with van der Waals surface area (Å²) in [4.78, 5) is 1.37. The molecular formula is C15H16FNS. The summed E-state index contributed by atoms with van der Waals surface area (Å²) in [5.74, 6) is 0.612. The zero-order valence-corrected chi connectivity index (χ0v) is 10.9. The van der Waals surface area contributed by atoms with Crippen LogP contribution < -0.4 is 5.32 Å². The first kappa shape index (κ1) is 11.9. The molecule has 1 aliphatic rings. The van der Waals surface area contributed by atoms with Crippen LogP contribution in [0.2, 0.25) is 0 Å². The Morgan fingerprint density at radius 1 is 1.22 bits per heavy atom. The molecule has 1 heterocycles. The molecule has 1 aromatic carbocycles. The van der Waals surface area contributed by atoms with Crippen molar-refractivity contribution in [1.82, 2.24) is 5.32 Å². The first-order valence-corrected chi connectivity index (χ1v) is 7.23. The topological polar surface area (TPSA) is 12.0 Å². The minimum absolute atomic E-state index is 0.120. The monoisotopic (exact) mass is 261 g/mol. The average Bonchev–Trinajstić information content (AvgIpc) is 3.07. The van der Waals surface area contributed by atoms with Gasteiger partial charge >= 0.3 is 0 Å². The predicted octanol–water partition coefficient (Wildman–Crippen LogP) is 4.13. The summed E-state index contributed by atoms with van der Waals surface area (Å²) in [6.45, 7) is 0.603. The van der Waals surface area contributed by atoms with Crippen LogP contribution in [0.1, 0.15) is 29.3 Å². The molecule has 18 heavy (non-hydrogen) atoms. The lowest BCUT2D eigenvalue weighted by atomic mass is 10.1. The van der Waals surface area contributed by atoms with Crippen LogP contribution >= 0.6 is 11.3 Å². The number of benzene rings is 1. The number of hydrogen-bond acceptors (Lipinski definition) is 2. The van der Waals surface area contributed by atoms with Crippen molar-refractivity contribution in [3.05, 3.63) is 58.0 Å². The number of hydrogen-bond donors (Lipinski definition) is 1. The van der Waals surface area contributed by atoms with Crippen molar-refractivity contribution < 1.29 is 4.39 Å². The lowest BCUT2D eigenvalue weighted by Crippen LogP contribution is -2.22. The maximum absolute atomic E-state index is 13.6. The van der Waals surface area contributed by atoms with E-state index in [1.165, 1.54) is 23.8 Å². The van der Waals surface area contributed by atoms with Crippen molar-refractivity contribution in [2.75, 3.05) is 0 Å². The van der Waals surface area contributed by atoms with Gasteiger partial charge in [-0.25, -0.2) is 4.39 Å². The quantitative estimate of drug-likeness (QED) is 0.853. The van der Waals surface area contributed by atoms with Gasteiger partial charge in [-0.05, 0) is 36.3 Å². The summed E-state index contributed by atoms with van der Waals surface area (Å²) in [7, 11) is 0. The van der Waals surface area contributed by atoms with Crippen LogP contribution in [0.4, 0.5) is 4.39 Å². The lowest BCUT2D eigenvalue weighted by molar-refractivity contribution is 0.477. The minimum Gasteiger partial charge on any atom is -0.305 e. The van der Waals surface area contributed by atoms with Crippen LogP contribution in [-0.4, -0.2) is 0 Å². The highest BCUT2D eigenvalue weighted by molar-refractivity contribution is 7.10. The van der Waals surface area contributed by atoms with Gasteiger partial charge < -0.3 is 5.32 Å². The normalized spacial score (nSPS) is 16.7. The summed E-state index contributed by atoms with van der Waals surface area (Å²) in [5, 5.41) is 5.62. The molecule has 3 rings (SSSR count). The van der Waals surface area contributed by atoms with Crippen molar-refractivity contribution in [3.63, 3.8) is 0 Å². The van der Waals surface area contributed by atoms with Crippen LogP contribution in [0, 0.1) is 11.7 Å².